The van der Waals surface area contributed by atoms with Crippen LogP contribution in [0.15, 0.2) is 18.2 Å². The van der Waals surface area contributed by atoms with Crippen LogP contribution in [0.1, 0.15) is 11.3 Å². The second-order valence-corrected chi connectivity index (χ2v) is 4.49. The highest BCUT2D eigenvalue weighted by atomic mass is 16.5. The third kappa shape index (κ3) is 1.53. The Morgan fingerprint density at radius 1 is 1.50 bits per heavy atom. The first kappa shape index (κ1) is 11.3. The quantitative estimate of drug-likeness (QED) is 0.877. The Hall–Kier alpha value is -1.81. The molecule has 1 N–H and O–H groups in total. The highest BCUT2D eigenvalue weighted by Crippen LogP contribution is 2.39. The van der Waals surface area contributed by atoms with Crippen molar-refractivity contribution in [3.05, 3.63) is 29.5 Å². The van der Waals surface area contributed by atoms with Crippen molar-refractivity contribution in [2.24, 2.45) is 0 Å². The van der Waals surface area contributed by atoms with E-state index in [1.165, 1.54) is 0 Å². The molecule has 4 heteroatoms. The predicted octanol–water partition coefficient (Wildman–Crippen LogP) is 1.85. The lowest BCUT2D eigenvalue weighted by Gasteiger charge is -2.10. The number of rotatable bonds is 2. The van der Waals surface area contributed by atoms with E-state index in [2.05, 4.69) is 4.98 Å². The van der Waals surface area contributed by atoms with Crippen molar-refractivity contribution < 1.29 is 14.6 Å². The van der Waals surface area contributed by atoms with E-state index < -0.39 is 0 Å². The van der Waals surface area contributed by atoms with Gasteiger partial charge in [0.15, 0.2) is 0 Å². The van der Waals surface area contributed by atoms with Gasteiger partial charge >= 0.3 is 0 Å². The Balaban J connectivity index is 2.28. The minimum absolute atomic E-state index is 0.0274. The van der Waals surface area contributed by atoms with Crippen LogP contribution in [0.25, 0.3) is 10.9 Å². The molecule has 3 rings (SSSR count). The largest absolute Gasteiger partial charge is 0.494 e. The van der Waals surface area contributed by atoms with Gasteiger partial charge in [0.1, 0.15) is 23.1 Å². The van der Waals surface area contributed by atoms with Gasteiger partial charge in [-0.2, -0.15) is 0 Å². The van der Waals surface area contributed by atoms with Gasteiger partial charge in [-0.05, 0) is 19.1 Å². The van der Waals surface area contributed by atoms with Crippen molar-refractivity contribution in [2.75, 3.05) is 13.7 Å². The molecule has 1 aliphatic rings. The molecular formula is C14H15NO3. The summed E-state index contributed by atoms with van der Waals surface area (Å²) in [6.45, 7) is 1.99. The lowest BCUT2D eigenvalue weighted by molar-refractivity contribution is 0.136. The predicted molar refractivity (Wildman–Crippen MR) is 68.2 cm³/mol. The Morgan fingerprint density at radius 3 is 3.06 bits per heavy atom. The Labute approximate surface area is 105 Å². The molecule has 94 valence electrons. The van der Waals surface area contributed by atoms with Crippen LogP contribution in [0.4, 0.5) is 0 Å². The monoisotopic (exact) mass is 245 g/mol. The molecule has 0 amide bonds. The second kappa shape index (κ2) is 4.14. The minimum atomic E-state index is -0.155. The number of aliphatic hydroxyl groups excluding tert-OH is 1. The summed E-state index contributed by atoms with van der Waals surface area (Å²) in [7, 11) is 1.64. The molecule has 1 atom stereocenters. The molecule has 0 unspecified atom stereocenters. The summed E-state index contributed by atoms with van der Waals surface area (Å²) in [5, 5.41) is 10.2. The number of ether oxygens (including phenoxy) is 2. The number of benzene rings is 1. The normalized spacial score (nSPS) is 17.6. The molecule has 2 aromatic rings. The van der Waals surface area contributed by atoms with E-state index in [-0.39, 0.29) is 12.7 Å². The number of nitrogens with zero attached hydrogens (tertiary/aromatic N) is 1. The summed E-state index contributed by atoms with van der Waals surface area (Å²) in [6, 6.07) is 5.79. The molecule has 1 aromatic carbocycles. The fraction of sp³-hybridized carbons (Fsp3) is 0.357. The number of hydrogen-bond acceptors (Lipinski definition) is 4. The van der Waals surface area contributed by atoms with Gasteiger partial charge in [0, 0.05) is 23.1 Å². The number of hydrogen-bond donors (Lipinski definition) is 1. The zero-order valence-corrected chi connectivity index (χ0v) is 10.4. The highest BCUT2D eigenvalue weighted by Gasteiger charge is 2.27. The van der Waals surface area contributed by atoms with E-state index in [1.807, 2.05) is 25.1 Å². The van der Waals surface area contributed by atoms with Crippen LogP contribution in [0.5, 0.6) is 11.5 Å². The fourth-order valence-electron chi connectivity index (χ4n) is 2.46. The van der Waals surface area contributed by atoms with Crippen molar-refractivity contribution in [3.63, 3.8) is 0 Å². The maximum absolute atomic E-state index is 9.23. The summed E-state index contributed by atoms with van der Waals surface area (Å²) < 4.78 is 11.1. The topological polar surface area (TPSA) is 51.6 Å². The van der Waals surface area contributed by atoms with Crippen LogP contribution in [0, 0.1) is 6.92 Å². The lowest BCUT2D eigenvalue weighted by atomic mass is 10.1. The van der Waals surface area contributed by atoms with E-state index in [4.69, 9.17) is 9.47 Å². The smallest absolute Gasteiger partial charge is 0.145 e. The summed E-state index contributed by atoms with van der Waals surface area (Å²) in [5.41, 5.74) is 2.85. The van der Waals surface area contributed by atoms with E-state index >= 15 is 0 Å². The van der Waals surface area contributed by atoms with Gasteiger partial charge in [-0.3, -0.25) is 0 Å². The van der Waals surface area contributed by atoms with Gasteiger partial charge in [0.05, 0.1) is 13.7 Å². The Morgan fingerprint density at radius 2 is 2.33 bits per heavy atom. The molecule has 0 bridgehead atoms. The van der Waals surface area contributed by atoms with Gasteiger partial charge < -0.3 is 14.6 Å². The van der Waals surface area contributed by atoms with Crippen LogP contribution >= 0.6 is 0 Å². The van der Waals surface area contributed by atoms with E-state index in [0.29, 0.717) is 0 Å². The number of aryl methyl sites for hydroxylation is 1. The molecular weight excluding hydrogens is 230 g/mol. The van der Waals surface area contributed by atoms with E-state index in [9.17, 15) is 5.11 Å². The number of pyridine rings is 1. The van der Waals surface area contributed by atoms with Crippen LogP contribution in [0.3, 0.4) is 0 Å². The average Bonchev–Trinajstić information content (AvgIpc) is 2.83. The van der Waals surface area contributed by atoms with Gasteiger partial charge in [-0.1, -0.05) is 6.07 Å². The summed E-state index contributed by atoms with van der Waals surface area (Å²) in [5.74, 6) is 1.59. The molecule has 1 aromatic heterocycles. The van der Waals surface area contributed by atoms with Gasteiger partial charge in [0.25, 0.3) is 0 Å². The Bertz CT molecular complexity index is 610. The summed E-state index contributed by atoms with van der Waals surface area (Å²) in [6.07, 6.45) is 0.565. The maximum atomic E-state index is 9.23. The molecule has 0 aliphatic carbocycles. The SMILES string of the molecule is COc1cccc2c3c(c(C)nc12)C[C@@H](CO)O3. The second-order valence-electron chi connectivity index (χ2n) is 4.49. The average molecular weight is 245 g/mol. The minimum Gasteiger partial charge on any atom is -0.494 e. The molecule has 0 fully saturated rings. The molecule has 0 spiro atoms. The van der Waals surface area contributed by atoms with Crippen LogP contribution < -0.4 is 9.47 Å². The molecule has 18 heavy (non-hydrogen) atoms. The number of aliphatic hydroxyl groups is 1. The molecule has 0 radical (unpaired) electrons. The fourth-order valence-corrected chi connectivity index (χ4v) is 2.46. The van der Waals surface area contributed by atoms with Crippen molar-refractivity contribution in [1.29, 1.82) is 0 Å². The molecule has 2 heterocycles. The standard InChI is InChI=1S/C14H15NO3/c1-8-11-6-9(7-16)18-14(11)10-4-3-5-12(17-2)13(10)15-8/h3-5,9,16H,6-7H2,1-2H3/t9-/m0/s1. The summed E-state index contributed by atoms with van der Waals surface area (Å²) in [4.78, 5) is 4.60. The first-order chi connectivity index (χ1) is 8.74. The van der Waals surface area contributed by atoms with E-state index in [1.54, 1.807) is 7.11 Å². The van der Waals surface area contributed by atoms with Gasteiger partial charge in [-0.15, -0.1) is 0 Å². The van der Waals surface area contributed by atoms with Crippen molar-refractivity contribution in [3.8, 4) is 11.5 Å². The highest BCUT2D eigenvalue weighted by molar-refractivity contribution is 5.91. The third-order valence-corrected chi connectivity index (χ3v) is 3.37. The molecule has 0 saturated heterocycles. The van der Waals surface area contributed by atoms with Gasteiger partial charge in [0.2, 0.25) is 0 Å². The van der Waals surface area contributed by atoms with Crippen molar-refractivity contribution in [1.82, 2.24) is 4.98 Å². The zero-order valence-electron chi connectivity index (χ0n) is 10.4. The number of aromatic nitrogens is 1. The third-order valence-electron chi connectivity index (χ3n) is 3.37. The molecule has 1 aliphatic heterocycles. The first-order valence-corrected chi connectivity index (χ1v) is 5.98. The van der Waals surface area contributed by atoms with Crippen molar-refractivity contribution in [2.45, 2.75) is 19.4 Å². The van der Waals surface area contributed by atoms with Crippen LogP contribution in [-0.4, -0.2) is 29.9 Å². The lowest BCUT2D eigenvalue weighted by Crippen LogP contribution is -2.17. The molecule has 0 saturated carbocycles. The van der Waals surface area contributed by atoms with E-state index in [0.717, 1.165) is 40.1 Å². The summed E-state index contributed by atoms with van der Waals surface area (Å²) >= 11 is 0. The van der Waals surface area contributed by atoms with Crippen LogP contribution in [-0.2, 0) is 6.42 Å². The maximum Gasteiger partial charge on any atom is 0.145 e. The zero-order chi connectivity index (χ0) is 12.7. The number of fused-ring (bicyclic) bond motifs is 3. The number of methoxy groups -OCH3 is 1. The van der Waals surface area contributed by atoms with Crippen molar-refractivity contribution >= 4 is 10.9 Å². The first-order valence-electron chi connectivity index (χ1n) is 5.98. The number of para-hydroxylation sites is 1. The van der Waals surface area contributed by atoms with Crippen LogP contribution in [0.2, 0.25) is 0 Å². The Kier molecular flexibility index (Phi) is 2.59. The van der Waals surface area contributed by atoms with Gasteiger partial charge in [-0.25, -0.2) is 4.98 Å². The molecule has 4 nitrogen and oxygen atoms in total.